The van der Waals surface area contributed by atoms with Crippen LogP contribution in [0.25, 0.3) is 10.9 Å². The van der Waals surface area contributed by atoms with Gasteiger partial charge in [0.2, 0.25) is 0 Å². The number of nitrogens with zero attached hydrogens (tertiary/aromatic N) is 1. The number of urea groups is 1. The van der Waals surface area contributed by atoms with Crippen molar-refractivity contribution in [1.29, 1.82) is 0 Å². The van der Waals surface area contributed by atoms with Crippen molar-refractivity contribution in [3.63, 3.8) is 0 Å². The summed E-state index contributed by atoms with van der Waals surface area (Å²) in [7, 11) is 0. The summed E-state index contributed by atoms with van der Waals surface area (Å²) >= 11 is 0. The molecule has 1 aliphatic rings. The number of nitrogens with two attached hydrogens (primary N) is 1. The molecule has 1 aliphatic carbocycles. The molecule has 3 N–H and O–H groups in total. The molecule has 3 amide bonds. The summed E-state index contributed by atoms with van der Waals surface area (Å²) in [5, 5.41) is 2.72. The molecule has 31 heavy (non-hydrogen) atoms. The van der Waals surface area contributed by atoms with Crippen LogP contribution in [0, 0.1) is 17.3 Å². The van der Waals surface area contributed by atoms with Crippen LogP contribution in [0.3, 0.4) is 0 Å². The average molecular weight is 426 g/mol. The molecule has 7 heteroatoms. The number of primary amides is 1. The van der Waals surface area contributed by atoms with Crippen LogP contribution in [0.4, 0.5) is 4.79 Å². The van der Waals surface area contributed by atoms with Crippen molar-refractivity contribution in [2.75, 3.05) is 0 Å². The summed E-state index contributed by atoms with van der Waals surface area (Å²) in [5.74, 6) is -1.25. The Labute approximate surface area is 182 Å². The van der Waals surface area contributed by atoms with Gasteiger partial charge in [-0.1, -0.05) is 52.8 Å². The van der Waals surface area contributed by atoms with Crippen molar-refractivity contribution < 1.29 is 19.1 Å². The summed E-state index contributed by atoms with van der Waals surface area (Å²) < 4.78 is 5.67. The molecule has 1 heterocycles. The monoisotopic (exact) mass is 425 g/mol. The Hall–Kier alpha value is -2.96. The lowest BCUT2D eigenvalue weighted by atomic mass is 9.70. The van der Waals surface area contributed by atoms with E-state index in [1.54, 1.807) is 13.8 Å². The minimum atomic E-state index is -1.13. The third-order valence-corrected chi connectivity index (χ3v) is 6.03. The number of fused-ring (bicyclic) bond motifs is 2. The Kier molecular flexibility index (Phi) is 6.34. The van der Waals surface area contributed by atoms with E-state index in [0.29, 0.717) is 16.9 Å². The van der Waals surface area contributed by atoms with E-state index in [0.717, 1.165) is 36.0 Å². The van der Waals surface area contributed by atoms with Gasteiger partial charge in [-0.2, -0.15) is 0 Å². The smallest absolute Gasteiger partial charge is 0.339 e. The van der Waals surface area contributed by atoms with Gasteiger partial charge in [0.15, 0.2) is 6.10 Å². The van der Waals surface area contributed by atoms with Crippen LogP contribution in [0.15, 0.2) is 24.3 Å². The molecule has 0 saturated heterocycles. The quantitative estimate of drug-likeness (QED) is 0.725. The van der Waals surface area contributed by atoms with Gasteiger partial charge >= 0.3 is 12.0 Å². The zero-order valence-corrected chi connectivity index (χ0v) is 18.8. The van der Waals surface area contributed by atoms with Crippen molar-refractivity contribution >= 4 is 28.8 Å². The van der Waals surface area contributed by atoms with E-state index in [1.807, 2.05) is 29.6 Å². The predicted molar refractivity (Wildman–Crippen MR) is 118 cm³/mol. The molecular weight excluding hydrogens is 394 g/mol. The second kappa shape index (κ2) is 8.65. The molecular formula is C24H31N3O4. The third kappa shape index (κ3) is 4.86. The topological polar surface area (TPSA) is 111 Å². The normalized spacial score (nSPS) is 17.2. The number of rotatable bonds is 4. The number of imide groups is 1. The lowest BCUT2D eigenvalue weighted by Crippen LogP contribution is -2.45. The molecule has 0 saturated carbocycles. The highest BCUT2D eigenvalue weighted by Gasteiger charge is 2.35. The Morgan fingerprint density at radius 3 is 2.48 bits per heavy atom. The molecule has 3 rings (SSSR count). The molecule has 0 unspecified atom stereocenters. The van der Waals surface area contributed by atoms with Gasteiger partial charge in [0.25, 0.3) is 5.91 Å². The number of hydrogen-bond acceptors (Lipinski definition) is 5. The highest BCUT2D eigenvalue weighted by Crippen LogP contribution is 2.39. The van der Waals surface area contributed by atoms with E-state index >= 15 is 0 Å². The average Bonchev–Trinajstić information content (AvgIpc) is 2.67. The fourth-order valence-electron chi connectivity index (χ4n) is 4.22. The number of hydrogen-bond donors (Lipinski definition) is 2. The fraction of sp³-hybridized carbons (Fsp3) is 0.500. The van der Waals surface area contributed by atoms with Gasteiger partial charge in [0, 0.05) is 11.1 Å². The van der Waals surface area contributed by atoms with Crippen LogP contribution >= 0.6 is 0 Å². The molecule has 0 fully saturated rings. The molecule has 2 aromatic rings. The number of carbonyl (C=O) groups is 3. The third-order valence-electron chi connectivity index (χ3n) is 6.03. The van der Waals surface area contributed by atoms with Crippen LogP contribution in [-0.4, -0.2) is 29.0 Å². The van der Waals surface area contributed by atoms with E-state index in [2.05, 4.69) is 20.8 Å². The van der Waals surface area contributed by atoms with E-state index in [-0.39, 0.29) is 11.3 Å². The molecule has 7 nitrogen and oxygen atoms in total. The number of pyridine rings is 1. The zero-order chi connectivity index (χ0) is 22.9. The molecule has 0 radical (unpaired) electrons. The first-order valence-electron chi connectivity index (χ1n) is 10.7. The Balaban J connectivity index is 2.06. The summed E-state index contributed by atoms with van der Waals surface area (Å²) in [6.07, 6.45) is 1.38. The number of esters is 1. The number of aromatic nitrogens is 1. The molecule has 166 valence electrons. The Morgan fingerprint density at radius 2 is 1.87 bits per heavy atom. The highest BCUT2D eigenvalue weighted by atomic mass is 16.5. The second-order valence-corrected chi connectivity index (χ2v) is 9.66. The van der Waals surface area contributed by atoms with Crippen LogP contribution in [0.1, 0.15) is 62.7 Å². The lowest BCUT2D eigenvalue weighted by molar-refractivity contribution is -0.130. The zero-order valence-electron chi connectivity index (χ0n) is 18.8. The summed E-state index contributed by atoms with van der Waals surface area (Å²) in [6, 6.07) is 6.49. The van der Waals surface area contributed by atoms with Crippen molar-refractivity contribution in [1.82, 2.24) is 10.3 Å². The van der Waals surface area contributed by atoms with Crippen molar-refractivity contribution in [2.45, 2.75) is 60.0 Å². The first-order chi connectivity index (χ1) is 14.5. The van der Waals surface area contributed by atoms with E-state index in [9.17, 15) is 14.4 Å². The van der Waals surface area contributed by atoms with Gasteiger partial charge in [0.1, 0.15) is 0 Å². The summed E-state index contributed by atoms with van der Waals surface area (Å²) in [5.41, 5.74) is 8.16. The molecule has 1 aromatic carbocycles. The molecule has 0 spiro atoms. The number of benzene rings is 1. The Morgan fingerprint density at radius 1 is 1.19 bits per heavy atom. The van der Waals surface area contributed by atoms with Crippen molar-refractivity contribution in [3.8, 4) is 0 Å². The largest absolute Gasteiger partial charge is 0.448 e. The number of aryl methyl sites for hydroxylation is 1. The molecule has 2 atom stereocenters. The number of nitrogens with one attached hydrogen (secondary N) is 1. The van der Waals surface area contributed by atoms with Gasteiger partial charge in [-0.25, -0.2) is 9.59 Å². The first-order valence-corrected chi connectivity index (χ1v) is 10.7. The van der Waals surface area contributed by atoms with Gasteiger partial charge in [-0.15, -0.1) is 0 Å². The minimum absolute atomic E-state index is 0.0896. The number of amides is 3. The lowest BCUT2D eigenvalue weighted by Gasteiger charge is -2.35. The maximum absolute atomic E-state index is 13.4. The SMILES string of the molecule is CC(C)[C@H](OC(=O)c1c2c(nc3ccccc13)CC[C@H](C(C)(C)C)C2)C(=O)NC(N)=O. The number of carbonyl (C=O) groups excluding carboxylic acids is 3. The minimum Gasteiger partial charge on any atom is -0.448 e. The standard InChI is InChI=1S/C24H31N3O4/c1-13(2)20(21(28)27-23(25)30)31-22(29)19-15-8-6-7-9-17(15)26-18-11-10-14(12-16(18)19)24(3,4)5/h6-9,13-14,20H,10-12H2,1-5H3,(H3,25,27,28,30)/t14-,20-/m0/s1. The summed E-state index contributed by atoms with van der Waals surface area (Å²) in [6.45, 7) is 10.1. The first kappa shape index (κ1) is 22.7. The molecule has 0 aliphatic heterocycles. The number of para-hydroxylation sites is 1. The van der Waals surface area contributed by atoms with Gasteiger partial charge in [-0.3, -0.25) is 15.1 Å². The van der Waals surface area contributed by atoms with Crippen molar-refractivity contribution in [3.05, 3.63) is 41.1 Å². The Bertz CT molecular complexity index is 1020. The maximum Gasteiger partial charge on any atom is 0.339 e. The number of ether oxygens (including phenoxy) is 1. The molecule has 0 bridgehead atoms. The van der Waals surface area contributed by atoms with Crippen LogP contribution in [0.5, 0.6) is 0 Å². The maximum atomic E-state index is 13.4. The van der Waals surface area contributed by atoms with E-state index in [1.165, 1.54) is 0 Å². The highest BCUT2D eigenvalue weighted by molar-refractivity contribution is 6.06. The van der Waals surface area contributed by atoms with Crippen LogP contribution in [-0.2, 0) is 22.4 Å². The van der Waals surface area contributed by atoms with Gasteiger partial charge < -0.3 is 10.5 Å². The van der Waals surface area contributed by atoms with Crippen LogP contribution < -0.4 is 11.1 Å². The molecule has 1 aromatic heterocycles. The van der Waals surface area contributed by atoms with Gasteiger partial charge in [-0.05, 0) is 48.1 Å². The van der Waals surface area contributed by atoms with Crippen LogP contribution in [0.2, 0.25) is 0 Å². The summed E-state index contributed by atoms with van der Waals surface area (Å²) in [4.78, 5) is 41.8. The predicted octanol–water partition coefficient (Wildman–Crippen LogP) is 3.76. The van der Waals surface area contributed by atoms with E-state index < -0.39 is 24.0 Å². The fourth-order valence-corrected chi connectivity index (χ4v) is 4.22. The second-order valence-electron chi connectivity index (χ2n) is 9.66. The van der Waals surface area contributed by atoms with E-state index in [4.69, 9.17) is 15.5 Å². The van der Waals surface area contributed by atoms with Crippen molar-refractivity contribution in [2.24, 2.45) is 23.0 Å². The van der Waals surface area contributed by atoms with Gasteiger partial charge in [0.05, 0.1) is 11.1 Å².